The molecule has 6 heteroatoms. The molecule has 2 unspecified atom stereocenters. The summed E-state index contributed by atoms with van der Waals surface area (Å²) in [6.07, 6.45) is 9.88. The first-order valence-corrected chi connectivity index (χ1v) is 11.6. The number of rotatable bonds is 17. The van der Waals surface area contributed by atoms with Crippen LogP contribution in [0.2, 0.25) is 0 Å². The summed E-state index contributed by atoms with van der Waals surface area (Å²) in [5, 5.41) is 11.9. The number of carbonyl (C=O) groups excluding carboxylic acids is 2. The first-order chi connectivity index (χ1) is 13.8. The van der Waals surface area contributed by atoms with Gasteiger partial charge in [-0.1, -0.05) is 59.3 Å². The van der Waals surface area contributed by atoms with Crippen molar-refractivity contribution < 1.29 is 19.5 Å². The Hall–Kier alpha value is -1.59. The Balaban J connectivity index is 4.83. The molecule has 0 radical (unpaired) electrons. The molecule has 0 aliphatic carbocycles. The number of nitrogens with zero attached hydrogens (tertiary/aromatic N) is 1. The maximum absolute atomic E-state index is 13.2. The number of aliphatic carboxylic acids is 1. The SMILES string of the molecule is CCCCCCCCCC(=O)N[C@@H](CCC(=O)O)C(=O)N(C(C)CC)C(C)CC. The lowest BCUT2D eigenvalue weighted by Gasteiger charge is -2.36. The van der Waals surface area contributed by atoms with Crippen molar-refractivity contribution in [3.8, 4) is 0 Å². The van der Waals surface area contributed by atoms with E-state index in [4.69, 9.17) is 5.11 Å². The van der Waals surface area contributed by atoms with Gasteiger partial charge in [0, 0.05) is 24.9 Å². The lowest BCUT2D eigenvalue weighted by Crippen LogP contribution is -2.54. The molecule has 0 heterocycles. The van der Waals surface area contributed by atoms with Crippen LogP contribution in [0.5, 0.6) is 0 Å². The van der Waals surface area contributed by atoms with Gasteiger partial charge in [-0.15, -0.1) is 0 Å². The molecule has 0 rings (SSSR count). The van der Waals surface area contributed by atoms with E-state index in [9.17, 15) is 14.4 Å². The van der Waals surface area contributed by atoms with Crippen LogP contribution in [-0.2, 0) is 14.4 Å². The standard InChI is InChI=1S/C23H44N2O4/c1-6-9-10-11-12-13-14-15-21(26)24-20(16-17-22(27)28)23(29)25(18(4)7-2)19(5)8-3/h18-20H,6-17H2,1-5H3,(H,24,26)(H,27,28)/t18?,19?,20-/m0/s1. The largest absolute Gasteiger partial charge is 0.481 e. The van der Waals surface area contributed by atoms with Gasteiger partial charge in [0.05, 0.1) is 0 Å². The van der Waals surface area contributed by atoms with Crippen LogP contribution in [0, 0.1) is 0 Å². The lowest BCUT2D eigenvalue weighted by molar-refractivity contribution is -0.142. The normalized spacial score (nSPS) is 14.1. The van der Waals surface area contributed by atoms with Gasteiger partial charge >= 0.3 is 5.97 Å². The number of carbonyl (C=O) groups is 3. The van der Waals surface area contributed by atoms with Gasteiger partial charge in [-0.05, 0) is 39.5 Å². The highest BCUT2D eigenvalue weighted by molar-refractivity contribution is 5.88. The third kappa shape index (κ3) is 11.9. The predicted octanol–water partition coefficient (Wildman–Crippen LogP) is 4.90. The van der Waals surface area contributed by atoms with Crippen LogP contribution in [0.1, 0.15) is 112 Å². The van der Waals surface area contributed by atoms with E-state index in [0.29, 0.717) is 6.42 Å². The van der Waals surface area contributed by atoms with E-state index in [1.54, 1.807) is 0 Å². The molecule has 170 valence electrons. The van der Waals surface area contributed by atoms with Gasteiger partial charge in [-0.25, -0.2) is 0 Å². The van der Waals surface area contributed by atoms with Gasteiger partial charge in [0.2, 0.25) is 11.8 Å². The van der Waals surface area contributed by atoms with Crippen molar-refractivity contribution >= 4 is 17.8 Å². The Morgan fingerprint density at radius 3 is 1.83 bits per heavy atom. The molecule has 29 heavy (non-hydrogen) atoms. The number of hydrogen-bond donors (Lipinski definition) is 2. The summed E-state index contributed by atoms with van der Waals surface area (Å²) in [5.74, 6) is -1.28. The summed E-state index contributed by atoms with van der Waals surface area (Å²) in [6, 6.07) is -0.680. The number of amides is 2. The molecule has 3 atom stereocenters. The maximum Gasteiger partial charge on any atom is 0.303 e. The average molecular weight is 413 g/mol. The highest BCUT2D eigenvalue weighted by Gasteiger charge is 2.31. The first kappa shape index (κ1) is 27.4. The topological polar surface area (TPSA) is 86.7 Å². The van der Waals surface area contributed by atoms with E-state index in [2.05, 4.69) is 12.2 Å². The highest BCUT2D eigenvalue weighted by atomic mass is 16.4. The zero-order valence-corrected chi connectivity index (χ0v) is 19.3. The molecule has 0 saturated heterocycles. The van der Waals surface area contributed by atoms with Gasteiger partial charge in [0.1, 0.15) is 6.04 Å². The number of hydrogen-bond acceptors (Lipinski definition) is 3. The van der Waals surface area contributed by atoms with E-state index in [-0.39, 0.29) is 36.7 Å². The second kappa shape index (κ2) is 16.2. The molecule has 0 aliphatic rings. The van der Waals surface area contributed by atoms with Crippen LogP contribution in [-0.4, -0.2) is 45.9 Å². The number of carboxylic acids is 1. The Morgan fingerprint density at radius 1 is 0.828 bits per heavy atom. The Labute approximate surface area is 177 Å². The maximum atomic E-state index is 13.2. The molecule has 0 bridgehead atoms. The fourth-order valence-electron chi connectivity index (χ4n) is 3.48. The quantitative estimate of drug-likeness (QED) is 0.333. The van der Waals surface area contributed by atoms with E-state index in [1.165, 1.54) is 25.7 Å². The molecule has 6 nitrogen and oxygen atoms in total. The molecule has 0 saturated carbocycles. The minimum Gasteiger partial charge on any atom is -0.481 e. The van der Waals surface area contributed by atoms with Crippen molar-refractivity contribution in [1.29, 1.82) is 0 Å². The van der Waals surface area contributed by atoms with Crippen molar-refractivity contribution in [2.45, 2.75) is 130 Å². The van der Waals surface area contributed by atoms with Gasteiger partial charge in [0.25, 0.3) is 0 Å². The summed E-state index contributed by atoms with van der Waals surface area (Å²) in [5.41, 5.74) is 0. The smallest absolute Gasteiger partial charge is 0.303 e. The number of nitrogens with one attached hydrogen (secondary N) is 1. The monoisotopic (exact) mass is 412 g/mol. The molecule has 0 aromatic carbocycles. The van der Waals surface area contributed by atoms with Gasteiger partial charge in [-0.3, -0.25) is 14.4 Å². The molecule has 0 spiro atoms. The molecule has 0 aliphatic heterocycles. The second-order valence-corrected chi connectivity index (χ2v) is 8.18. The van der Waals surface area contributed by atoms with Gasteiger partial charge in [0.15, 0.2) is 0 Å². The number of carboxylic acid groups (broad SMARTS) is 1. The van der Waals surface area contributed by atoms with Gasteiger partial charge in [-0.2, -0.15) is 0 Å². The summed E-state index contributed by atoms with van der Waals surface area (Å²) in [6.45, 7) is 10.2. The zero-order valence-electron chi connectivity index (χ0n) is 19.3. The third-order valence-corrected chi connectivity index (χ3v) is 5.67. The minimum absolute atomic E-state index is 0.0461. The Bertz CT molecular complexity index is 471. The van der Waals surface area contributed by atoms with Gasteiger partial charge < -0.3 is 15.3 Å². The van der Waals surface area contributed by atoms with Crippen molar-refractivity contribution in [2.24, 2.45) is 0 Å². The lowest BCUT2D eigenvalue weighted by atomic mass is 10.0. The Morgan fingerprint density at radius 2 is 1.34 bits per heavy atom. The van der Waals surface area contributed by atoms with Crippen molar-refractivity contribution in [2.75, 3.05) is 0 Å². The van der Waals surface area contributed by atoms with Crippen LogP contribution >= 0.6 is 0 Å². The average Bonchev–Trinajstić information content (AvgIpc) is 2.69. The predicted molar refractivity (Wildman–Crippen MR) is 118 cm³/mol. The fraction of sp³-hybridized carbons (Fsp3) is 0.870. The van der Waals surface area contributed by atoms with Crippen molar-refractivity contribution in [3.63, 3.8) is 0 Å². The van der Waals surface area contributed by atoms with Crippen LogP contribution in [0.25, 0.3) is 0 Å². The molecule has 2 amide bonds. The molecular weight excluding hydrogens is 368 g/mol. The summed E-state index contributed by atoms with van der Waals surface area (Å²) in [7, 11) is 0. The van der Waals surface area contributed by atoms with Crippen molar-refractivity contribution in [1.82, 2.24) is 10.2 Å². The van der Waals surface area contributed by atoms with E-state index in [1.807, 2.05) is 32.6 Å². The van der Waals surface area contributed by atoms with E-state index >= 15 is 0 Å². The Kier molecular flexibility index (Phi) is 15.3. The zero-order chi connectivity index (χ0) is 22.2. The molecule has 0 aromatic heterocycles. The van der Waals surface area contributed by atoms with Crippen LogP contribution in [0.15, 0.2) is 0 Å². The van der Waals surface area contributed by atoms with Crippen LogP contribution < -0.4 is 5.32 Å². The minimum atomic E-state index is -0.956. The third-order valence-electron chi connectivity index (χ3n) is 5.67. The van der Waals surface area contributed by atoms with Crippen LogP contribution in [0.4, 0.5) is 0 Å². The molecular formula is C23H44N2O4. The van der Waals surface area contributed by atoms with Crippen LogP contribution in [0.3, 0.4) is 0 Å². The summed E-state index contributed by atoms with van der Waals surface area (Å²) in [4.78, 5) is 38.5. The second-order valence-electron chi connectivity index (χ2n) is 8.18. The molecule has 0 aromatic rings. The molecule has 2 N–H and O–H groups in total. The first-order valence-electron chi connectivity index (χ1n) is 11.6. The number of unbranched alkanes of at least 4 members (excludes halogenated alkanes) is 6. The highest BCUT2D eigenvalue weighted by Crippen LogP contribution is 2.16. The summed E-state index contributed by atoms with van der Waals surface area (Å²) < 4.78 is 0. The molecule has 0 fully saturated rings. The fourth-order valence-corrected chi connectivity index (χ4v) is 3.48. The van der Waals surface area contributed by atoms with E-state index < -0.39 is 12.0 Å². The van der Waals surface area contributed by atoms with Crippen molar-refractivity contribution in [3.05, 3.63) is 0 Å². The van der Waals surface area contributed by atoms with E-state index in [0.717, 1.165) is 32.1 Å². The summed E-state index contributed by atoms with van der Waals surface area (Å²) >= 11 is 0.